The Balaban J connectivity index is 2.97. The fourth-order valence-corrected chi connectivity index (χ4v) is 1.86. The molecule has 0 nitrogen and oxygen atoms in total. The Labute approximate surface area is 70.3 Å². The first-order valence-corrected chi connectivity index (χ1v) is 4.04. The third-order valence-corrected chi connectivity index (χ3v) is 2.49. The highest BCUT2D eigenvalue weighted by Gasteiger charge is 2.14. The topological polar surface area (TPSA) is 0 Å². The third-order valence-electron chi connectivity index (χ3n) is 1.57. The maximum absolute atomic E-state index is 12.9. The van der Waals surface area contributed by atoms with Crippen LogP contribution < -0.4 is 0 Å². The van der Waals surface area contributed by atoms with Crippen LogP contribution in [0, 0.1) is 16.8 Å². The highest BCUT2D eigenvalue weighted by molar-refractivity contribution is 7.17. The van der Waals surface area contributed by atoms with Gasteiger partial charge in [0, 0.05) is 4.70 Å². The SMILES string of the molecule is Fc1sc2cccc(F)c2c1F. The maximum atomic E-state index is 12.9. The highest BCUT2D eigenvalue weighted by atomic mass is 32.1. The zero-order valence-electron chi connectivity index (χ0n) is 5.77. The fraction of sp³-hybridized carbons (Fsp3) is 0. The molecule has 0 atom stereocenters. The van der Waals surface area contributed by atoms with E-state index >= 15 is 0 Å². The first kappa shape index (κ1) is 7.61. The summed E-state index contributed by atoms with van der Waals surface area (Å²) >= 11 is 0.611. The molecule has 0 aliphatic heterocycles. The third kappa shape index (κ3) is 0.914. The van der Waals surface area contributed by atoms with Gasteiger partial charge in [-0.1, -0.05) is 6.07 Å². The molecule has 0 aliphatic rings. The number of fused-ring (bicyclic) bond motifs is 1. The van der Waals surface area contributed by atoms with Crippen molar-refractivity contribution in [2.45, 2.75) is 0 Å². The van der Waals surface area contributed by atoms with Gasteiger partial charge in [0.15, 0.2) is 5.82 Å². The predicted molar refractivity (Wildman–Crippen MR) is 41.7 cm³/mol. The highest BCUT2D eigenvalue weighted by Crippen LogP contribution is 2.30. The molecule has 62 valence electrons. The second-order valence-corrected chi connectivity index (χ2v) is 3.31. The molecular formula is C8H3F3S. The fourth-order valence-electron chi connectivity index (χ4n) is 1.04. The van der Waals surface area contributed by atoms with E-state index in [1.807, 2.05) is 0 Å². The summed E-state index contributed by atoms with van der Waals surface area (Å²) in [5.41, 5.74) is 0. The Kier molecular flexibility index (Phi) is 1.58. The Morgan fingerprint density at radius 3 is 2.50 bits per heavy atom. The lowest BCUT2D eigenvalue weighted by Crippen LogP contribution is -1.78. The van der Waals surface area contributed by atoms with E-state index in [4.69, 9.17) is 0 Å². The molecule has 0 bridgehead atoms. The molecule has 2 rings (SSSR count). The number of halogens is 3. The number of thiophene rings is 1. The molecule has 1 aromatic heterocycles. The lowest BCUT2D eigenvalue weighted by Gasteiger charge is -1.89. The Morgan fingerprint density at radius 2 is 1.83 bits per heavy atom. The number of hydrogen-bond acceptors (Lipinski definition) is 1. The standard InChI is InChI=1S/C8H3F3S/c9-4-2-1-3-5-6(4)7(10)8(11)12-5/h1-3H. The van der Waals surface area contributed by atoms with Crippen molar-refractivity contribution in [3.05, 3.63) is 35.0 Å². The lowest BCUT2D eigenvalue weighted by molar-refractivity contribution is 0.532. The summed E-state index contributed by atoms with van der Waals surface area (Å²) in [5.74, 6) is -1.81. The van der Waals surface area contributed by atoms with Crippen molar-refractivity contribution in [1.29, 1.82) is 0 Å². The largest absolute Gasteiger partial charge is 0.213 e. The maximum Gasteiger partial charge on any atom is 0.213 e. The van der Waals surface area contributed by atoms with Crippen LogP contribution in [0.1, 0.15) is 0 Å². The Morgan fingerprint density at radius 1 is 1.08 bits per heavy atom. The second-order valence-electron chi connectivity index (χ2n) is 2.30. The molecule has 0 saturated carbocycles. The molecular weight excluding hydrogens is 185 g/mol. The van der Waals surface area contributed by atoms with E-state index in [1.54, 1.807) is 0 Å². The number of rotatable bonds is 0. The van der Waals surface area contributed by atoms with Crippen molar-refractivity contribution in [3.63, 3.8) is 0 Å². The van der Waals surface area contributed by atoms with Crippen molar-refractivity contribution in [3.8, 4) is 0 Å². The van der Waals surface area contributed by atoms with Gasteiger partial charge in [0.05, 0.1) is 5.39 Å². The second kappa shape index (κ2) is 2.48. The van der Waals surface area contributed by atoms with E-state index in [0.717, 1.165) is 6.07 Å². The molecule has 4 heteroatoms. The van der Waals surface area contributed by atoms with Gasteiger partial charge in [-0.2, -0.15) is 4.39 Å². The molecule has 0 unspecified atom stereocenters. The van der Waals surface area contributed by atoms with E-state index in [9.17, 15) is 13.2 Å². The molecule has 0 saturated heterocycles. The van der Waals surface area contributed by atoms with Gasteiger partial charge in [-0.3, -0.25) is 0 Å². The summed E-state index contributed by atoms with van der Waals surface area (Å²) < 4.78 is 38.6. The summed E-state index contributed by atoms with van der Waals surface area (Å²) in [5, 5.41) is -1.21. The van der Waals surface area contributed by atoms with Crippen molar-refractivity contribution >= 4 is 21.4 Å². The van der Waals surface area contributed by atoms with Gasteiger partial charge in [-0.05, 0) is 12.1 Å². The van der Waals surface area contributed by atoms with E-state index in [2.05, 4.69) is 0 Å². The minimum atomic E-state index is -1.09. The van der Waals surface area contributed by atoms with Gasteiger partial charge in [0.25, 0.3) is 0 Å². The molecule has 0 N–H and O–H groups in total. The molecule has 1 aromatic carbocycles. The molecule has 12 heavy (non-hydrogen) atoms. The Bertz CT molecular complexity index is 433. The van der Waals surface area contributed by atoms with Crippen LogP contribution in [0.4, 0.5) is 13.2 Å². The van der Waals surface area contributed by atoms with E-state index in [0.29, 0.717) is 16.0 Å². The molecule has 1 heterocycles. The van der Waals surface area contributed by atoms with Crippen LogP contribution in [-0.4, -0.2) is 0 Å². The Hall–Kier alpha value is -1.03. The van der Waals surface area contributed by atoms with Crippen LogP contribution in [0.2, 0.25) is 0 Å². The number of benzene rings is 1. The summed E-state index contributed by atoms with van der Waals surface area (Å²) in [6.07, 6.45) is 0. The molecule has 0 amide bonds. The van der Waals surface area contributed by atoms with Gasteiger partial charge < -0.3 is 0 Å². The van der Waals surface area contributed by atoms with Gasteiger partial charge in [-0.25, -0.2) is 8.78 Å². The van der Waals surface area contributed by atoms with Crippen LogP contribution in [0.15, 0.2) is 18.2 Å². The zero-order chi connectivity index (χ0) is 8.72. The van der Waals surface area contributed by atoms with Crippen LogP contribution in [-0.2, 0) is 0 Å². The average Bonchev–Trinajstić information content (AvgIpc) is 2.29. The van der Waals surface area contributed by atoms with Crippen molar-refractivity contribution in [2.75, 3.05) is 0 Å². The van der Waals surface area contributed by atoms with Crippen molar-refractivity contribution < 1.29 is 13.2 Å². The predicted octanol–water partition coefficient (Wildman–Crippen LogP) is 3.32. The molecule has 0 aliphatic carbocycles. The van der Waals surface area contributed by atoms with Gasteiger partial charge >= 0.3 is 0 Å². The summed E-state index contributed by atoms with van der Waals surface area (Å²) in [6.45, 7) is 0. The summed E-state index contributed by atoms with van der Waals surface area (Å²) in [6, 6.07) is 4.01. The minimum Gasteiger partial charge on any atom is -0.206 e. The summed E-state index contributed by atoms with van der Waals surface area (Å²) in [4.78, 5) is 0. The normalized spacial score (nSPS) is 10.9. The van der Waals surface area contributed by atoms with Crippen LogP contribution in [0.25, 0.3) is 10.1 Å². The van der Waals surface area contributed by atoms with Crippen LogP contribution >= 0.6 is 11.3 Å². The monoisotopic (exact) mass is 188 g/mol. The van der Waals surface area contributed by atoms with Crippen LogP contribution in [0.5, 0.6) is 0 Å². The molecule has 0 spiro atoms. The first-order valence-electron chi connectivity index (χ1n) is 3.22. The first-order chi connectivity index (χ1) is 5.70. The average molecular weight is 188 g/mol. The molecule has 0 radical (unpaired) electrons. The minimum absolute atomic E-state index is 0.250. The van der Waals surface area contributed by atoms with E-state index in [-0.39, 0.29) is 5.39 Å². The number of hydrogen-bond donors (Lipinski definition) is 0. The quantitative estimate of drug-likeness (QED) is 0.595. The van der Waals surface area contributed by atoms with Gasteiger partial charge in [0.1, 0.15) is 5.82 Å². The smallest absolute Gasteiger partial charge is 0.206 e. The lowest BCUT2D eigenvalue weighted by atomic mass is 10.2. The van der Waals surface area contributed by atoms with Crippen LogP contribution in [0.3, 0.4) is 0 Å². The van der Waals surface area contributed by atoms with E-state index in [1.165, 1.54) is 12.1 Å². The summed E-state index contributed by atoms with van der Waals surface area (Å²) in [7, 11) is 0. The van der Waals surface area contributed by atoms with Gasteiger partial charge in [-0.15, -0.1) is 11.3 Å². The molecule has 0 fully saturated rings. The zero-order valence-corrected chi connectivity index (χ0v) is 6.59. The van der Waals surface area contributed by atoms with Gasteiger partial charge in [0.2, 0.25) is 5.13 Å². The van der Waals surface area contributed by atoms with E-state index < -0.39 is 16.8 Å². The van der Waals surface area contributed by atoms with Crippen molar-refractivity contribution in [1.82, 2.24) is 0 Å². The van der Waals surface area contributed by atoms with Crippen molar-refractivity contribution in [2.24, 2.45) is 0 Å². The molecule has 2 aromatic rings.